The second-order valence-corrected chi connectivity index (χ2v) is 4.13. The number of rotatable bonds is 10. The van der Waals surface area contributed by atoms with Gasteiger partial charge in [0.25, 0.3) is 0 Å². The highest BCUT2D eigenvalue weighted by molar-refractivity contribution is 5.81. The molecule has 0 fully saturated rings. The van der Waals surface area contributed by atoms with Gasteiger partial charge in [-0.25, -0.2) is 4.79 Å². The van der Waals surface area contributed by atoms with Crippen molar-refractivity contribution in [2.75, 3.05) is 6.61 Å². The van der Waals surface area contributed by atoms with Crippen LogP contribution in [0.4, 0.5) is 0 Å². The summed E-state index contributed by atoms with van der Waals surface area (Å²) < 4.78 is 5.07. The summed E-state index contributed by atoms with van der Waals surface area (Å²) >= 11 is 0. The van der Waals surface area contributed by atoms with Gasteiger partial charge < -0.3 is 4.74 Å². The summed E-state index contributed by atoms with van der Waals surface area (Å²) in [5.41, 5.74) is 0. The second-order valence-electron chi connectivity index (χ2n) is 4.13. The first kappa shape index (κ1) is 15.2. The van der Waals surface area contributed by atoms with E-state index in [4.69, 9.17) is 4.74 Å². The van der Waals surface area contributed by atoms with Crippen molar-refractivity contribution in [3.05, 3.63) is 12.2 Å². The van der Waals surface area contributed by atoms with E-state index >= 15 is 0 Å². The second kappa shape index (κ2) is 12.3. The normalized spacial score (nSPS) is 10.9. The summed E-state index contributed by atoms with van der Waals surface area (Å²) in [5, 5.41) is 0. The average molecular weight is 226 g/mol. The zero-order chi connectivity index (χ0) is 12.1. The fourth-order valence-electron chi connectivity index (χ4n) is 1.44. The molecule has 2 heteroatoms. The molecule has 0 aromatic rings. The van der Waals surface area contributed by atoms with Crippen LogP contribution in [0.5, 0.6) is 0 Å². The minimum absolute atomic E-state index is 0.187. The lowest BCUT2D eigenvalue weighted by Crippen LogP contribution is -2.02. The molecule has 0 spiro atoms. The Morgan fingerprint density at radius 1 is 1.00 bits per heavy atom. The Hall–Kier alpha value is -0.790. The molecule has 0 heterocycles. The molecule has 0 unspecified atom stereocenters. The van der Waals surface area contributed by atoms with Gasteiger partial charge in [0, 0.05) is 6.08 Å². The van der Waals surface area contributed by atoms with Crippen molar-refractivity contribution < 1.29 is 9.53 Å². The van der Waals surface area contributed by atoms with Gasteiger partial charge in [0.05, 0.1) is 6.61 Å². The smallest absolute Gasteiger partial charge is 0.330 e. The third-order valence-corrected chi connectivity index (χ3v) is 2.47. The van der Waals surface area contributed by atoms with E-state index in [1.54, 1.807) is 6.08 Å². The number of carbonyl (C=O) groups is 1. The maximum Gasteiger partial charge on any atom is 0.330 e. The Morgan fingerprint density at radius 3 is 2.38 bits per heavy atom. The monoisotopic (exact) mass is 226 g/mol. The molecule has 0 saturated carbocycles. The summed E-state index contributed by atoms with van der Waals surface area (Å²) in [6, 6.07) is 0. The summed E-state index contributed by atoms with van der Waals surface area (Å²) in [7, 11) is 0. The molecule has 0 rings (SSSR count). The van der Waals surface area contributed by atoms with Crippen LogP contribution < -0.4 is 0 Å². The van der Waals surface area contributed by atoms with Crippen LogP contribution in [0.2, 0.25) is 0 Å². The Kier molecular flexibility index (Phi) is 11.7. The van der Waals surface area contributed by atoms with Crippen LogP contribution in [0.1, 0.15) is 65.2 Å². The van der Waals surface area contributed by atoms with E-state index < -0.39 is 0 Å². The van der Waals surface area contributed by atoms with E-state index in [-0.39, 0.29) is 5.97 Å². The van der Waals surface area contributed by atoms with Crippen LogP contribution >= 0.6 is 0 Å². The molecule has 0 amide bonds. The van der Waals surface area contributed by atoms with E-state index in [9.17, 15) is 4.79 Å². The predicted molar refractivity (Wildman–Crippen MR) is 68.4 cm³/mol. The molecule has 0 aliphatic rings. The van der Waals surface area contributed by atoms with Crippen molar-refractivity contribution in [1.29, 1.82) is 0 Å². The minimum atomic E-state index is -0.187. The number of ether oxygens (including phenoxy) is 1. The molecule has 0 saturated heterocycles. The zero-order valence-corrected chi connectivity index (χ0v) is 10.8. The lowest BCUT2D eigenvalue weighted by Gasteiger charge is -2.00. The maximum atomic E-state index is 11.2. The van der Waals surface area contributed by atoms with E-state index in [0.29, 0.717) is 6.61 Å². The number of carbonyl (C=O) groups excluding carboxylic acids is 1. The van der Waals surface area contributed by atoms with Crippen LogP contribution in [0.25, 0.3) is 0 Å². The van der Waals surface area contributed by atoms with E-state index in [0.717, 1.165) is 25.7 Å². The third kappa shape index (κ3) is 11.3. The molecule has 0 aliphatic heterocycles. The molecule has 0 bridgehead atoms. The average Bonchev–Trinajstić information content (AvgIpc) is 2.28. The summed E-state index contributed by atoms with van der Waals surface area (Å²) in [6.45, 7) is 4.91. The highest BCUT2D eigenvalue weighted by atomic mass is 16.5. The van der Waals surface area contributed by atoms with Gasteiger partial charge in [-0.15, -0.1) is 0 Å². The van der Waals surface area contributed by atoms with Gasteiger partial charge in [0.1, 0.15) is 0 Å². The van der Waals surface area contributed by atoms with Crippen molar-refractivity contribution in [3.63, 3.8) is 0 Å². The van der Waals surface area contributed by atoms with Gasteiger partial charge in [-0.05, 0) is 19.3 Å². The van der Waals surface area contributed by atoms with Crippen molar-refractivity contribution in [1.82, 2.24) is 0 Å². The van der Waals surface area contributed by atoms with E-state index in [1.165, 1.54) is 25.7 Å². The van der Waals surface area contributed by atoms with Crippen LogP contribution in [0.15, 0.2) is 12.2 Å². The minimum Gasteiger partial charge on any atom is -0.463 e. The number of hydrogen-bond donors (Lipinski definition) is 0. The summed E-state index contributed by atoms with van der Waals surface area (Å²) in [4.78, 5) is 11.2. The van der Waals surface area contributed by atoms with Crippen LogP contribution in [-0.4, -0.2) is 12.6 Å². The van der Waals surface area contributed by atoms with Crippen molar-refractivity contribution >= 4 is 5.97 Å². The van der Waals surface area contributed by atoms with Gasteiger partial charge in [0.15, 0.2) is 0 Å². The topological polar surface area (TPSA) is 26.3 Å². The van der Waals surface area contributed by atoms with Gasteiger partial charge in [-0.3, -0.25) is 0 Å². The zero-order valence-electron chi connectivity index (χ0n) is 10.8. The highest BCUT2D eigenvalue weighted by Gasteiger charge is 1.95. The van der Waals surface area contributed by atoms with Crippen molar-refractivity contribution in [3.8, 4) is 0 Å². The number of allylic oxidation sites excluding steroid dienone is 1. The highest BCUT2D eigenvalue weighted by Crippen LogP contribution is 2.01. The quantitative estimate of drug-likeness (QED) is 0.316. The molecule has 0 N–H and O–H groups in total. The van der Waals surface area contributed by atoms with E-state index in [1.807, 2.05) is 6.08 Å². The SMILES string of the molecule is CCCCCC=CC(=O)OCCCCCC. The Labute approximate surface area is 100 Å². The molecule has 2 nitrogen and oxygen atoms in total. The first-order valence-electron chi connectivity index (χ1n) is 6.64. The van der Waals surface area contributed by atoms with Gasteiger partial charge in [-0.2, -0.15) is 0 Å². The van der Waals surface area contributed by atoms with Gasteiger partial charge in [-0.1, -0.05) is 52.0 Å². The Morgan fingerprint density at radius 2 is 1.69 bits per heavy atom. The number of esters is 1. The molecule has 0 aromatic heterocycles. The lowest BCUT2D eigenvalue weighted by atomic mass is 10.2. The molecule has 0 radical (unpaired) electrons. The maximum absolute atomic E-state index is 11.2. The Balaban J connectivity index is 3.29. The Bertz CT molecular complexity index is 185. The van der Waals surface area contributed by atoms with Crippen LogP contribution in [0.3, 0.4) is 0 Å². The fraction of sp³-hybridized carbons (Fsp3) is 0.786. The standard InChI is InChI=1S/C14H26O2/c1-3-5-7-9-10-12-14(15)16-13-11-8-6-4-2/h10,12H,3-9,11,13H2,1-2H3. The molecule has 94 valence electrons. The summed E-state index contributed by atoms with van der Waals surface area (Å²) in [6.07, 6.45) is 12.7. The number of unbranched alkanes of at least 4 members (excludes halogenated alkanes) is 6. The molecular formula is C14H26O2. The largest absolute Gasteiger partial charge is 0.463 e. The molecular weight excluding hydrogens is 200 g/mol. The predicted octanol–water partition coefficient (Wildman–Crippen LogP) is 4.25. The molecule has 0 atom stereocenters. The first-order chi connectivity index (χ1) is 7.81. The summed E-state index contributed by atoms with van der Waals surface area (Å²) in [5.74, 6) is -0.187. The first-order valence-corrected chi connectivity index (χ1v) is 6.64. The van der Waals surface area contributed by atoms with E-state index in [2.05, 4.69) is 13.8 Å². The molecule has 0 aliphatic carbocycles. The van der Waals surface area contributed by atoms with Crippen LogP contribution in [-0.2, 0) is 9.53 Å². The van der Waals surface area contributed by atoms with Crippen molar-refractivity contribution in [2.45, 2.75) is 65.2 Å². The van der Waals surface area contributed by atoms with Gasteiger partial charge in [0.2, 0.25) is 0 Å². The van der Waals surface area contributed by atoms with Crippen molar-refractivity contribution in [2.24, 2.45) is 0 Å². The molecule has 0 aromatic carbocycles. The van der Waals surface area contributed by atoms with Crippen LogP contribution in [0, 0.1) is 0 Å². The number of hydrogen-bond acceptors (Lipinski definition) is 2. The van der Waals surface area contributed by atoms with Gasteiger partial charge >= 0.3 is 5.97 Å². The fourth-order valence-corrected chi connectivity index (χ4v) is 1.44. The lowest BCUT2D eigenvalue weighted by molar-refractivity contribution is -0.137. The molecule has 16 heavy (non-hydrogen) atoms. The third-order valence-electron chi connectivity index (χ3n) is 2.47.